The summed E-state index contributed by atoms with van der Waals surface area (Å²) in [7, 11) is -3.39. The standard InChI is InChI=1S/C25H32N2O4S/c1-25(2,3)31-24(28)20-15-22(32(4,29)30)23-26(16-18-11-7-5-8-12-18)17-21(27(20)23)19-13-9-6-10-14-19/h5-14,20-23H,15-17H2,1-4H3/t20-,21+,22+,23-/m1/s1. The van der Waals surface area contributed by atoms with Crippen LogP contribution in [0.2, 0.25) is 0 Å². The Morgan fingerprint density at radius 1 is 1.03 bits per heavy atom. The average Bonchev–Trinajstić information content (AvgIpc) is 3.27. The summed E-state index contributed by atoms with van der Waals surface area (Å²) in [6.45, 7) is 6.79. The second kappa shape index (κ2) is 8.61. The lowest BCUT2D eigenvalue weighted by molar-refractivity contribution is -0.161. The highest BCUT2D eigenvalue weighted by molar-refractivity contribution is 7.91. The number of ether oxygens (including phenoxy) is 1. The second-order valence-electron chi connectivity index (χ2n) is 9.86. The lowest BCUT2D eigenvalue weighted by Crippen LogP contribution is -2.46. The Morgan fingerprint density at radius 3 is 2.19 bits per heavy atom. The summed E-state index contributed by atoms with van der Waals surface area (Å²) in [5.41, 5.74) is 1.56. The van der Waals surface area contributed by atoms with Crippen molar-refractivity contribution in [3.05, 3.63) is 71.8 Å². The van der Waals surface area contributed by atoms with Gasteiger partial charge >= 0.3 is 5.97 Å². The van der Waals surface area contributed by atoms with Crippen LogP contribution in [0.15, 0.2) is 60.7 Å². The van der Waals surface area contributed by atoms with Crippen LogP contribution in [0, 0.1) is 0 Å². The van der Waals surface area contributed by atoms with E-state index in [-0.39, 0.29) is 24.6 Å². The molecule has 0 radical (unpaired) electrons. The third-order valence-electron chi connectivity index (χ3n) is 6.24. The number of rotatable bonds is 5. The minimum absolute atomic E-state index is 0.0887. The first-order chi connectivity index (χ1) is 15.0. The zero-order valence-corrected chi connectivity index (χ0v) is 20.0. The summed E-state index contributed by atoms with van der Waals surface area (Å²) < 4.78 is 31.5. The predicted octanol–water partition coefficient (Wildman–Crippen LogP) is 3.40. The van der Waals surface area contributed by atoms with E-state index in [4.69, 9.17) is 4.74 Å². The van der Waals surface area contributed by atoms with Gasteiger partial charge in [0.15, 0.2) is 9.84 Å². The van der Waals surface area contributed by atoms with E-state index < -0.39 is 26.7 Å². The summed E-state index contributed by atoms with van der Waals surface area (Å²) in [4.78, 5) is 17.5. The number of carbonyl (C=O) groups excluding carboxylic acids is 1. The van der Waals surface area contributed by atoms with Gasteiger partial charge in [0.1, 0.15) is 11.6 Å². The maximum atomic E-state index is 13.2. The Bertz CT molecular complexity index is 1050. The van der Waals surface area contributed by atoms with Gasteiger partial charge in [-0.3, -0.25) is 14.6 Å². The number of esters is 1. The van der Waals surface area contributed by atoms with Crippen molar-refractivity contribution in [2.24, 2.45) is 0 Å². The number of carbonyl (C=O) groups is 1. The fourth-order valence-electron chi connectivity index (χ4n) is 5.00. The number of benzene rings is 2. The smallest absolute Gasteiger partial charge is 0.323 e. The van der Waals surface area contributed by atoms with Gasteiger partial charge in [0.2, 0.25) is 0 Å². The van der Waals surface area contributed by atoms with Gasteiger partial charge in [-0.1, -0.05) is 60.7 Å². The Kier molecular flexibility index (Phi) is 6.18. The maximum Gasteiger partial charge on any atom is 0.323 e. The average molecular weight is 457 g/mol. The van der Waals surface area contributed by atoms with E-state index in [1.165, 1.54) is 6.26 Å². The van der Waals surface area contributed by atoms with Gasteiger partial charge in [0, 0.05) is 25.4 Å². The molecule has 0 unspecified atom stereocenters. The van der Waals surface area contributed by atoms with Gasteiger partial charge in [-0.2, -0.15) is 0 Å². The number of hydrogen-bond acceptors (Lipinski definition) is 6. The molecule has 0 amide bonds. The van der Waals surface area contributed by atoms with Gasteiger partial charge < -0.3 is 4.74 Å². The molecule has 0 saturated carbocycles. The van der Waals surface area contributed by atoms with Gasteiger partial charge in [0.25, 0.3) is 0 Å². The van der Waals surface area contributed by atoms with Gasteiger partial charge in [-0.15, -0.1) is 0 Å². The minimum atomic E-state index is -3.39. The lowest BCUT2D eigenvalue weighted by Gasteiger charge is -2.32. The quantitative estimate of drug-likeness (QED) is 0.643. The van der Waals surface area contributed by atoms with Crippen LogP contribution in [-0.2, 0) is 25.9 Å². The maximum absolute atomic E-state index is 13.2. The molecule has 0 N–H and O–H groups in total. The minimum Gasteiger partial charge on any atom is -0.459 e. The zero-order valence-electron chi connectivity index (χ0n) is 19.1. The predicted molar refractivity (Wildman–Crippen MR) is 125 cm³/mol. The zero-order chi connectivity index (χ0) is 23.1. The fourth-order valence-corrected chi connectivity index (χ4v) is 6.29. The Morgan fingerprint density at radius 2 is 1.62 bits per heavy atom. The molecule has 32 heavy (non-hydrogen) atoms. The van der Waals surface area contributed by atoms with Gasteiger partial charge in [0.05, 0.1) is 11.4 Å². The molecular formula is C25H32N2O4S. The molecule has 7 heteroatoms. The third-order valence-corrected chi connectivity index (χ3v) is 7.77. The topological polar surface area (TPSA) is 66.9 Å². The number of hydrogen-bond donors (Lipinski definition) is 0. The van der Waals surface area contributed by atoms with Crippen LogP contribution < -0.4 is 0 Å². The van der Waals surface area contributed by atoms with Crippen molar-refractivity contribution >= 4 is 15.8 Å². The van der Waals surface area contributed by atoms with E-state index in [0.717, 1.165) is 11.1 Å². The second-order valence-corrected chi connectivity index (χ2v) is 12.1. The highest BCUT2D eigenvalue weighted by Crippen LogP contribution is 2.45. The van der Waals surface area contributed by atoms with Crippen LogP contribution >= 0.6 is 0 Å². The van der Waals surface area contributed by atoms with Crippen LogP contribution in [0.1, 0.15) is 44.4 Å². The van der Waals surface area contributed by atoms with Crippen LogP contribution in [0.3, 0.4) is 0 Å². The van der Waals surface area contributed by atoms with Crippen molar-refractivity contribution in [1.29, 1.82) is 0 Å². The molecule has 6 nitrogen and oxygen atoms in total. The normalized spacial score (nSPS) is 26.8. The molecule has 0 aromatic heterocycles. The summed E-state index contributed by atoms with van der Waals surface area (Å²) in [6, 6.07) is 19.4. The van der Waals surface area contributed by atoms with Crippen molar-refractivity contribution in [2.45, 2.75) is 62.8 Å². The molecule has 2 heterocycles. The molecule has 172 valence electrons. The number of fused-ring (bicyclic) bond motifs is 1. The molecule has 4 atom stereocenters. The molecule has 4 rings (SSSR count). The van der Waals surface area contributed by atoms with Crippen molar-refractivity contribution in [2.75, 3.05) is 12.8 Å². The van der Waals surface area contributed by atoms with E-state index in [1.807, 2.05) is 69.3 Å². The van der Waals surface area contributed by atoms with Crippen molar-refractivity contribution in [3.8, 4) is 0 Å². The molecular weight excluding hydrogens is 424 g/mol. The number of nitrogens with zero attached hydrogens (tertiary/aromatic N) is 2. The van der Waals surface area contributed by atoms with Crippen LogP contribution in [0.5, 0.6) is 0 Å². The summed E-state index contributed by atoms with van der Waals surface area (Å²) in [5.74, 6) is -0.351. The van der Waals surface area contributed by atoms with Crippen molar-refractivity contribution in [3.63, 3.8) is 0 Å². The fraction of sp³-hybridized carbons (Fsp3) is 0.480. The third kappa shape index (κ3) is 4.75. The van der Waals surface area contributed by atoms with E-state index in [0.29, 0.717) is 13.1 Å². The molecule has 0 spiro atoms. The van der Waals surface area contributed by atoms with Crippen LogP contribution in [0.25, 0.3) is 0 Å². The van der Waals surface area contributed by atoms with E-state index in [2.05, 4.69) is 21.9 Å². The first-order valence-electron chi connectivity index (χ1n) is 11.1. The van der Waals surface area contributed by atoms with Gasteiger partial charge in [-0.05, 0) is 38.3 Å². The van der Waals surface area contributed by atoms with Crippen LogP contribution in [0.4, 0.5) is 0 Å². The first-order valence-corrected chi connectivity index (χ1v) is 13.0. The molecule has 2 aliphatic rings. The molecule has 2 aliphatic heterocycles. The Labute approximate surface area is 191 Å². The summed E-state index contributed by atoms with van der Waals surface area (Å²) in [5, 5.41) is -0.655. The number of sulfone groups is 1. The summed E-state index contributed by atoms with van der Waals surface area (Å²) in [6.07, 6.45) is 1.14. The molecule has 2 saturated heterocycles. The Balaban J connectivity index is 1.75. The lowest BCUT2D eigenvalue weighted by atomic mass is 10.0. The Hall–Kier alpha value is -2.22. The largest absolute Gasteiger partial charge is 0.459 e. The molecule has 0 aliphatic carbocycles. The van der Waals surface area contributed by atoms with Crippen molar-refractivity contribution < 1.29 is 17.9 Å². The SMILES string of the molecule is CC(C)(C)OC(=O)[C@H]1C[C@H](S(C)(=O)=O)[C@@H]2N(Cc3ccccc3)C[C@@H](c3ccccc3)N12. The van der Waals surface area contributed by atoms with E-state index in [1.54, 1.807) is 0 Å². The molecule has 2 aromatic carbocycles. The van der Waals surface area contributed by atoms with Crippen molar-refractivity contribution in [1.82, 2.24) is 9.80 Å². The summed E-state index contributed by atoms with van der Waals surface area (Å²) >= 11 is 0. The highest BCUT2D eigenvalue weighted by Gasteiger charge is 2.58. The monoisotopic (exact) mass is 456 g/mol. The van der Waals surface area contributed by atoms with E-state index in [9.17, 15) is 13.2 Å². The van der Waals surface area contributed by atoms with Gasteiger partial charge in [-0.25, -0.2) is 8.42 Å². The van der Waals surface area contributed by atoms with E-state index >= 15 is 0 Å². The molecule has 2 aromatic rings. The first kappa shape index (κ1) is 23.0. The van der Waals surface area contributed by atoms with Crippen LogP contribution in [-0.4, -0.2) is 60.0 Å². The highest BCUT2D eigenvalue weighted by atomic mass is 32.2. The molecule has 0 bridgehead atoms. The molecule has 2 fully saturated rings.